The molecule has 18 heavy (non-hydrogen) atoms. The quantitative estimate of drug-likeness (QED) is 0.607. The lowest BCUT2D eigenvalue weighted by molar-refractivity contribution is -0.135. The first kappa shape index (κ1) is 12.5. The number of rotatable bonds is 3. The van der Waals surface area contributed by atoms with Crippen LogP contribution in [0.25, 0.3) is 0 Å². The Bertz CT molecular complexity index is 475. The van der Waals surface area contributed by atoms with Crippen molar-refractivity contribution in [3.8, 4) is 0 Å². The van der Waals surface area contributed by atoms with Gasteiger partial charge in [-0.05, 0) is 25.7 Å². The fraction of sp³-hybridized carbons (Fsp3) is 0.462. The molecule has 0 spiro atoms. The minimum atomic E-state index is -1.10. The molecule has 1 saturated heterocycles. The van der Waals surface area contributed by atoms with Crippen LogP contribution in [-0.4, -0.2) is 27.8 Å². The largest absolute Gasteiger partial charge is 0.478 e. The van der Waals surface area contributed by atoms with Crippen LogP contribution >= 0.6 is 0 Å². The van der Waals surface area contributed by atoms with Crippen LogP contribution in [0.5, 0.6) is 0 Å². The lowest BCUT2D eigenvalue weighted by Crippen LogP contribution is -2.26. The molecule has 2 aliphatic rings. The average Bonchev–Trinajstić information content (AvgIpc) is 2.60. The molecule has 0 bridgehead atoms. The number of likely N-dealkylation sites (tertiary alicyclic amines) is 1. The second-order valence-electron chi connectivity index (χ2n) is 4.47. The average molecular weight is 249 g/mol. The third-order valence-corrected chi connectivity index (χ3v) is 3.38. The van der Waals surface area contributed by atoms with E-state index in [-0.39, 0.29) is 29.7 Å². The van der Waals surface area contributed by atoms with Crippen molar-refractivity contribution in [2.75, 3.05) is 0 Å². The van der Waals surface area contributed by atoms with E-state index in [4.69, 9.17) is 5.11 Å². The molecule has 0 aromatic rings. The predicted octanol–water partition coefficient (Wildman–Crippen LogP) is 1.46. The fourth-order valence-corrected chi connectivity index (χ4v) is 2.35. The number of carbonyl (C=O) groups is 3. The molecule has 96 valence electrons. The van der Waals surface area contributed by atoms with Crippen LogP contribution in [0, 0.1) is 5.92 Å². The SMILES string of the molecule is CCC(=CN1C(=O)C2=CCCCC2C1=O)C(=O)O. The summed E-state index contributed by atoms with van der Waals surface area (Å²) in [6, 6.07) is 0. The molecule has 1 N–H and O–H groups in total. The number of imide groups is 1. The van der Waals surface area contributed by atoms with Crippen LogP contribution < -0.4 is 0 Å². The van der Waals surface area contributed by atoms with Crippen molar-refractivity contribution in [3.63, 3.8) is 0 Å². The smallest absolute Gasteiger partial charge is 0.333 e. The second-order valence-corrected chi connectivity index (χ2v) is 4.47. The first-order valence-corrected chi connectivity index (χ1v) is 6.07. The van der Waals surface area contributed by atoms with Crippen molar-refractivity contribution >= 4 is 17.8 Å². The molecular weight excluding hydrogens is 234 g/mol. The van der Waals surface area contributed by atoms with Gasteiger partial charge >= 0.3 is 5.97 Å². The molecule has 1 atom stereocenters. The van der Waals surface area contributed by atoms with Gasteiger partial charge in [0.15, 0.2) is 0 Å². The van der Waals surface area contributed by atoms with E-state index in [2.05, 4.69) is 0 Å². The van der Waals surface area contributed by atoms with E-state index in [1.54, 1.807) is 13.0 Å². The number of aliphatic carboxylic acids is 1. The molecule has 1 fully saturated rings. The molecule has 2 rings (SSSR count). The van der Waals surface area contributed by atoms with E-state index < -0.39 is 5.97 Å². The number of hydrogen-bond acceptors (Lipinski definition) is 3. The summed E-state index contributed by atoms with van der Waals surface area (Å²) in [7, 11) is 0. The Kier molecular flexibility index (Phi) is 3.32. The van der Waals surface area contributed by atoms with Gasteiger partial charge in [0, 0.05) is 11.8 Å². The van der Waals surface area contributed by atoms with Crippen LogP contribution in [-0.2, 0) is 14.4 Å². The molecule has 1 aliphatic heterocycles. The number of nitrogens with zero attached hydrogens (tertiary/aromatic N) is 1. The molecule has 1 aliphatic carbocycles. The minimum Gasteiger partial charge on any atom is -0.478 e. The summed E-state index contributed by atoms with van der Waals surface area (Å²) < 4.78 is 0. The number of hydrogen-bond donors (Lipinski definition) is 1. The highest BCUT2D eigenvalue weighted by Crippen LogP contribution is 2.34. The Labute approximate surface area is 105 Å². The maximum Gasteiger partial charge on any atom is 0.333 e. The van der Waals surface area contributed by atoms with Crippen LogP contribution in [0.3, 0.4) is 0 Å². The van der Waals surface area contributed by atoms with E-state index in [0.717, 1.165) is 17.7 Å². The van der Waals surface area contributed by atoms with Crippen molar-refractivity contribution in [1.82, 2.24) is 4.90 Å². The summed E-state index contributed by atoms with van der Waals surface area (Å²) in [5.74, 6) is -2.12. The standard InChI is InChI=1S/C13H15NO4/c1-2-8(13(17)18)7-14-11(15)9-5-3-4-6-10(9)12(14)16/h5,7,10H,2-4,6H2,1H3,(H,17,18). The summed E-state index contributed by atoms with van der Waals surface area (Å²) in [4.78, 5) is 36.0. The summed E-state index contributed by atoms with van der Waals surface area (Å²) >= 11 is 0. The summed E-state index contributed by atoms with van der Waals surface area (Å²) in [5.41, 5.74) is 0.597. The maximum atomic E-state index is 12.1. The Morgan fingerprint density at radius 1 is 1.56 bits per heavy atom. The van der Waals surface area contributed by atoms with Crippen LogP contribution in [0.2, 0.25) is 0 Å². The minimum absolute atomic E-state index is 0.0657. The number of carboxylic acids is 1. The number of fused-ring (bicyclic) bond motifs is 1. The zero-order chi connectivity index (χ0) is 13.3. The first-order chi connectivity index (χ1) is 8.56. The van der Waals surface area contributed by atoms with Gasteiger partial charge in [0.1, 0.15) is 0 Å². The first-order valence-electron chi connectivity index (χ1n) is 6.07. The molecule has 0 aromatic carbocycles. The van der Waals surface area contributed by atoms with E-state index in [0.29, 0.717) is 12.0 Å². The van der Waals surface area contributed by atoms with Crippen LogP contribution in [0.15, 0.2) is 23.4 Å². The van der Waals surface area contributed by atoms with Gasteiger partial charge in [-0.3, -0.25) is 14.5 Å². The fourth-order valence-electron chi connectivity index (χ4n) is 2.35. The van der Waals surface area contributed by atoms with E-state index >= 15 is 0 Å². The van der Waals surface area contributed by atoms with Crippen molar-refractivity contribution in [1.29, 1.82) is 0 Å². The zero-order valence-electron chi connectivity index (χ0n) is 10.2. The third kappa shape index (κ3) is 1.96. The second kappa shape index (κ2) is 4.76. The van der Waals surface area contributed by atoms with Gasteiger partial charge in [-0.2, -0.15) is 0 Å². The maximum absolute atomic E-state index is 12.1. The van der Waals surface area contributed by atoms with E-state index in [9.17, 15) is 14.4 Å². The third-order valence-electron chi connectivity index (χ3n) is 3.38. The van der Waals surface area contributed by atoms with Gasteiger partial charge in [-0.25, -0.2) is 4.79 Å². The Balaban J connectivity index is 2.33. The van der Waals surface area contributed by atoms with Gasteiger partial charge in [0.2, 0.25) is 5.91 Å². The van der Waals surface area contributed by atoms with Gasteiger partial charge in [-0.15, -0.1) is 0 Å². The number of allylic oxidation sites excluding steroid dienone is 1. The number of carboxylic acid groups (broad SMARTS) is 1. The highest BCUT2D eigenvalue weighted by molar-refractivity contribution is 6.16. The molecule has 1 heterocycles. The summed E-state index contributed by atoms with van der Waals surface area (Å²) in [6.45, 7) is 1.68. The molecule has 0 radical (unpaired) electrons. The van der Waals surface area contributed by atoms with Gasteiger partial charge in [0.05, 0.1) is 11.5 Å². The molecular formula is C13H15NO4. The molecule has 0 saturated carbocycles. The Morgan fingerprint density at radius 3 is 2.83 bits per heavy atom. The highest BCUT2D eigenvalue weighted by atomic mass is 16.4. The van der Waals surface area contributed by atoms with E-state index in [1.165, 1.54) is 6.20 Å². The topological polar surface area (TPSA) is 74.7 Å². The summed E-state index contributed by atoms with van der Waals surface area (Å²) in [6.07, 6.45) is 5.62. The van der Waals surface area contributed by atoms with Crippen molar-refractivity contribution < 1.29 is 19.5 Å². The Morgan fingerprint density at radius 2 is 2.28 bits per heavy atom. The van der Waals surface area contributed by atoms with Crippen molar-refractivity contribution in [2.24, 2.45) is 5.92 Å². The predicted molar refractivity (Wildman–Crippen MR) is 63.3 cm³/mol. The lowest BCUT2D eigenvalue weighted by atomic mass is 9.90. The van der Waals surface area contributed by atoms with E-state index in [1.807, 2.05) is 0 Å². The monoisotopic (exact) mass is 249 g/mol. The van der Waals surface area contributed by atoms with Crippen LogP contribution in [0.4, 0.5) is 0 Å². The number of carbonyl (C=O) groups excluding carboxylic acids is 2. The van der Waals surface area contributed by atoms with Gasteiger partial charge in [-0.1, -0.05) is 13.0 Å². The van der Waals surface area contributed by atoms with Gasteiger partial charge in [0.25, 0.3) is 5.91 Å². The Hall–Kier alpha value is -1.91. The van der Waals surface area contributed by atoms with Gasteiger partial charge < -0.3 is 5.11 Å². The molecule has 5 nitrogen and oxygen atoms in total. The highest BCUT2D eigenvalue weighted by Gasteiger charge is 2.43. The van der Waals surface area contributed by atoms with Crippen molar-refractivity contribution in [2.45, 2.75) is 32.6 Å². The normalized spacial score (nSPS) is 24.1. The van der Waals surface area contributed by atoms with Crippen molar-refractivity contribution in [3.05, 3.63) is 23.4 Å². The molecule has 0 aromatic heterocycles. The van der Waals surface area contributed by atoms with Crippen LogP contribution in [0.1, 0.15) is 32.6 Å². The summed E-state index contributed by atoms with van der Waals surface area (Å²) in [5, 5.41) is 8.93. The lowest BCUT2D eigenvalue weighted by Gasteiger charge is -2.12. The zero-order valence-corrected chi connectivity index (χ0v) is 10.2. The number of amides is 2. The molecule has 5 heteroatoms. The molecule has 2 amide bonds. The molecule has 1 unspecified atom stereocenters.